The number of aliphatic hydroxyl groups excluding tert-OH is 2. The number of aliphatic hydroxyl groups is 3. The molecule has 23 nitrogen and oxygen atoms in total. The Morgan fingerprint density at radius 1 is 0.528 bits per heavy atom. The lowest BCUT2D eigenvalue weighted by Gasteiger charge is -2.24. The Morgan fingerprint density at radius 3 is 1.29 bits per heavy atom. The average Bonchev–Trinajstić information content (AvgIpc) is 1.63. The largest absolute Gasteiger partial charge is 0.449 e. The second-order valence-corrected chi connectivity index (χ2v) is 24.2. The molecule has 0 aromatic heterocycles. The van der Waals surface area contributed by atoms with E-state index >= 15 is 0 Å². The Balaban J connectivity index is 0.000000200. The van der Waals surface area contributed by atoms with Gasteiger partial charge in [-0.3, -0.25) is 0 Å². The minimum Gasteiger partial charge on any atom is -0.449 e. The van der Waals surface area contributed by atoms with Crippen LogP contribution in [0.25, 0.3) is 0 Å². The number of alkyl carbamates (subject to hydrolysis) is 2. The van der Waals surface area contributed by atoms with E-state index < -0.39 is 139 Å². The summed E-state index contributed by atoms with van der Waals surface area (Å²) in [7, 11) is 0. The number of carbonyl (C=O) groups is 3. The Kier molecular flexibility index (Phi) is 22.4. The lowest BCUT2D eigenvalue weighted by atomic mass is 10.2. The van der Waals surface area contributed by atoms with E-state index in [-0.39, 0.29) is 69.1 Å². The number of rotatable bonds is 15. The molecule has 4 aliphatic heterocycles. The van der Waals surface area contributed by atoms with Crippen LogP contribution in [-0.4, -0.2) is 178 Å². The van der Waals surface area contributed by atoms with Crippen molar-refractivity contribution in [2.24, 2.45) is 11.5 Å². The van der Waals surface area contributed by atoms with Gasteiger partial charge in [-0.25, -0.2) is 14.4 Å². The lowest BCUT2D eigenvalue weighted by molar-refractivity contribution is -0.168. The van der Waals surface area contributed by atoms with Crippen molar-refractivity contribution in [3.63, 3.8) is 0 Å². The standard InChI is InChI=1S/C19H27NO5.C16H21NO5.C10H19NO4.C8H7ClO2.C8H15NO3.C3H7Br/c1-4-10-22-15-11-14(16-17(15)25-19(2,3)24-16)20-18(21)23-12-13-8-6-5-7-9-13;1-16(2)21-13-11(8-12(18)14(13)22-16)17-15(19)20-9-10-6-4-3-5-7-10;1-10(2)14-8-6(11)5-7(9(8)15-10)13-4-3-12;9-8(10)11-6-7-4-2-1-3-5-7;1-8(2)11-6-4(9)3-5(10)7(6)12-8;1-2-3-4/h5-9,14-17H,4,10-12H2,1-3H3,(H,20,21);3-7,11-14,18H,8-9H2,1-2H3,(H,17,19);6-9,12H,3-5,11H2,1-2H3;1-5H,6H2;4-7,10H,3,9H2,1-2H3;2-3H2,1H3/t14?,15-,16-,17+;11?,12-,13-,14+;6-,7+,8+,9-;;4-,5+,6+,7-;/m001.1./s1/i4D2,10D2;;3D2,4D2;;;2D2,3D2. The number of halogens is 2. The van der Waals surface area contributed by atoms with Gasteiger partial charge >= 0.3 is 17.6 Å². The number of hydrogen-bond donors (Lipinski definition) is 7. The van der Waals surface area contributed by atoms with Gasteiger partial charge in [0.05, 0.1) is 57.8 Å². The highest BCUT2D eigenvalue weighted by molar-refractivity contribution is 9.09. The maximum absolute atomic E-state index is 12.3. The molecule has 11 rings (SSSR count). The number of nitrogens with one attached hydrogen (secondary N) is 2. The molecule has 4 saturated heterocycles. The molecule has 2 unspecified atom stereocenters. The Bertz CT molecular complexity index is 3100. The van der Waals surface area contributed by atoms with Crippen LogP contribution in [0.2, 0.25) is 0 Å². The van der Waals surface area contributed by atoms with Crippen molar-refractivity contribution in [1.29, 1.82) is 0 Å². The zero-order valence-electron chi connectivity index (χ0n) is 63.6. The van der Waals surface area contributed by atoms with Gasteiger partial charge in [-0.15, -0.1) is 0 Å². The van der Waals surface area contributed by atoms with E-state index in [1.54, 1.807) is 41.5 Å². The van der Waals surface area contributed by atoms with Crippen molar-refractivity contribution in [3.05, 3.63) is 108 Å². The second kappa shape index (κ2) is 34.7. The van der Waals surface area contributed by atoms with Gasteiger partial charge in [0.25, 0.3) is 0 Å². The Morgan fingerprint density at radius 2 is 0.865 bits per heavy atom. The number of amides is 2. The summed E-state index contributed by atoms with van der Waals surface area (Å²) in [6.07, 6.45) is -9.67. The summed E-state index contributed by atoms with van der Waals surface area (Å²) in [6.45, 7) is 8.53. The summed E-state index contributed by atoms with van der Waals surface area (Å²) in [5, 5.41) is 32.3. The summed E-state index contributed by atoms with van der Waals surface area (Å²) >= 11 is 7.52. The minimum absolute atomic E-state index is 0.0909. The highest BCUT2D eigenvalue weighted by atomic mass is 79.9. The normalized spacial score (nSPS) is 35.1. The molecule has 9 N–H and O–H groups in total. The monoisotopic (exact) mass is 1350 g/mol. The molecule has 16 atom stereocenters. The van der Waals surface area contributed by atoms with E-state index in [9.17, 15) is 24.6 Å². The predicted octanol–water partition coefficient (Wildman–Crippen LogP) is 8.13. The van der Waals surface area contributed by atoms with Gasteiger partial charge in [0.2, 0.25) is 0 Å². The fourth-order valence-electron chi connectivity index (χ4n) is 11.1. The number of alkyl halides is 1. The maximum Gasteiger partial charge on any atom is 0.407 e. The van der Waals surface area contributed by atoms with Crippen LogP contribution in [0, 0.1) is 0 Å². The van der Waals surface area contributed by atoms with Crippen molar-refractivity contribution in [3.8, 4) is 0 Å². The van der Waals surface area contributed by atoms with Crippen LogP contribution < -0.4 is 22.1 Å². The van der Waals surface area contributed by atoms with Crippen molar-refractivity contribution in [2.45, 2.75) is 248 Å². The van der Waals surface area contributed by atoms with Crippen molar-refractivity contribution in [1.82, 2.24) is 10.6 Å². The highest BCUT2D eigenvalue weighted by Gasteiger charge is 2.57. The molecule has 8 fully saturated rings. The quantitative estimate of drug-likeness (QED) is 0.0429. The maximum atomic E-state index is 12.3. The first-order valence-electron chi connectivity index (χ1n) is 35.2. The number of carbonyl (C=O) groups excluding carboxylic acids is 3. The fourth-order valence-corrected chi connectivity index (χ4v) is 11.2. The van der Waals surface area contributed by atoms with Crippen LogP contribution in [-0.2, 0) is 81.4 Å². The summed E-state index contributed by atoms with van der Waals surface area (Å²) in [6, 6.07) is 26.8. The zero-order chi connectivity index (χ0) is 75.9. The van der Waals surface area contributed by atoms with Crippen molar-refractivity contribution in [2.75, 3.05) is 25.0 Å². The first kappa shape index (κ1) is 57.5. The smallest absolute Gasteiger partial charge is 0.407 e. The SMILES string of the molecule is CC1(C)O[C@@H]2[C@@H](O)CC(NC(=O)OCc3ccccc3)[C@@H]2O1.CC1(C)O[C@@H]2[C@H](O1)[C@@H](O)C[C@H]2N.O=C(Cl)OCc1ccccc1.[2H]C([2H])(C)C([2H])([2H])Br.[2H]C([2H])(C)C([2H])([2H])O[C@H]1CC(NC(=O)OCc2ccccc2)[C@@H]2OC(C)(C)O[C@H]12.[2H]C([2H])(O)C([2H])([2H])O[C@H]1C[C@@H](N)[C@@H]2OC(C)(C)O[C@@H]21. The second-order valence-electron chi connectivity index (χ2n) is 23.5. The molecular formula is C64H96BrClN4O19. The van der Waals surface area contributed by atoms with Gasteiger partial charge < -0.3 is 99.0 Å². The number of nitrogens with two attached hydrogens (primary N) is 2. The molecule has 2 amide bonds. The number of fused-ring (bicyclic) bond motifs is 4. The van der Waals surface area contributed by atoms with E-state index in [0.29, 0.717) is 12.8 Å². The van der Waals surface area contributed by atoms with E-state index in [1.165, 1.54) is 6.92 Å². The van der Waals surface area contributed by atoms with Crippen LogP contribution >= 0.6 is 27.5 Å². The molecule has 0 bridgehead atoms. The van der Waals surface area contributed by atoms with Gasteiger partial charge in [-0.2, -0.15) is 0 Å². The fraction of sp³-hybridized carbons (Fsp3) is 0.672. The molecule has 8 aliphatic rings. The third-order valence-corrected chi connectivity index (χ3v) is 15.2. The average molecular weight is 1350 g/mol. The Labute approximate surface area is 553 Å². The minimum atomic E-state index is -3.11. The van der Waals surface area contributed by atoms with E-state index in [1.807, 2.05) is 105 Å². The summed E-state index contributed by atoms with van der Waals surface area (Å²) < 4.78 is 158. The topological polar surface area (TPSA) is 308 Å². The third kappa shape index (κ3) is 23.1. The van der Waals surface area contributed by atoms with Crippen LogP contribution in [0.4, 0.5) is 14.4 Å². The molecule has 4 aliphatic carbocycles. The molecule has 500 valence electrons. The van der Waals surface area contributed by atoms with Gasteiger partial charge in [0.15, 0.2) is 23.1 Å². The van der Waals surface area contributed by atoms with Crippen LogP contribution in [0.15, 0.2) is 91.0 Å². The van der Waals surface area contributed by atoms with E-state index in [0.717, 1.165) is 23.6 Å². The number of ether oxygens (including phenoxy) is 13. The predicted molar refractivity (Wildman–Crippen MR) is 332 cm³/mol. The molecule has 3 aromatic rings. The molecule has 0 radical (unpaired) electrons. The molecule has 89 heavy (non-hydrogen) atoms. The third-order valence-electron chi connectivity index (χ3n) is 14.7. The molecule has 4 saturated carbocycles. The lowest BCUT2D eigenvalue weighted by Crippen LogP contribution is -2.43. The van der Waals surface area contributed by atoms with E-state index in [2.05, 4.69) is 31.3 Å². The molecular weight excluding hydrogens is 1240 g/mol. The van der Waals surface area contributed by atoms with Gasteiger partial charge in [-0.1, -0.05) is 121 Å². The number of benzene rings is 3. The molecule has 3 aromatic carbocycles. The van der Waals surface area contributed by atoms with Gasteiger partial charge in [0.1, 0.15) is 68.7 Å². The van der Waals surface area contributed by atoms with E-state index in [4.69, 9.17) is 101 Å². The van der Waals surface area contributed by atoms with Crippen LogP contribution in [0.3, 0.4) is 0 Å². The first-order chi connectivity index (χ1) is 46.3. The summed E-state index contributed by atoms with van der Waals surface area (Å²) in [5.41, 5.74) is 13.6. The first-order valence-corrected chi connectivity index (χ1v) is 30.3. The van der Waals surface area contributed by atoms with Crippen LogP contribution in [0.5, 0.6) is 0 Å². The highest BCUT2D eigenvalue weighted by Crippen LogP contribution is 2.42. The molecule has 25 heteroatoms. The van der Waals surface area contributed by atoms with Gasteiger partial charge in [0, 0.05) is 43.8 Å². The van der Waals surface area contributed by atoms with Crippen molar-refractivity contribution < 1.29 is 108 Å². The molecule has 4 heterocycles. The summed E-state index contributed by atoms with van der Waals surface area (Å²) in [4.78, 5) is 34.3. The van der Waals surface area contributed by atoms with Gasteiger partial charge in [-0.05, 0) is 111 Å². The Hall–Kier alpha value is -4.16. The zero-order valence-corrected chi connectivity index (χ0v) is 54.0. The van der Waals surface area contributed by atoms with Crippen molar-refractivity contribution >= 4 is 45.1 Å². The summed E-state index contributed by atoms with van der Waals surface area (Å²) in [5.74, 6) is -3.10. The van der Waals surface area contributed by atoms with Crippen LogP contribution in [0.1, 0.15) is 141 Å². The number of hydrogen-bond acceptors (Lipinski definition) is 21. The molecule has 0 spiro atoms.